The van der Waals surface area contributed by atoms with E-state index in [2.05, 4.69) is 19.1 Å². The van der Waals surface area contributed by atoms with E-state index in [9.17, 15) is 19.0 Å². The van der Waals surface area contributed by atoms with Crippen LogP contribution in [0.3, 0.4) is 0 Å². The zero-order valence-corrected chi connectivity index (χ0v) is 27.6. The van der Waals surface area contributed by atoms with Gasteiger partial charge in [0.05, 0.1) is 27.7 Å². The van der Waals surface area contributed by atoms with Gasteiger partial charge in [-0.1, -0.05) is 83.8 Å². The van der Waals surface area contributed by atoms with E-state index in [4.69, 9.17) is 18.5 Å². The molecule has 0 aromatic rings. The van der Waals surface area contributed by atoms with Gasteiger partial charge in [-0.15, -0.1) is 0 Å². The highest BCUT2D eigenvalue weighted by Gasteiger charge is 2.21. The molecule has 0 spiro atoms. The third kappa shape index (κ3) is 28.6. The lowest BCUT2D eigenvalue weighted by molar-refractivity contribution is -0.870. The van der Waals surface area contributed by atoms with Crippen molar-refractivity contribution >= 4 is 19.8 Å². The highest BCUT2D eigenvalue weighted by atomic mass is 31.2. The molecular formula is C31H60NO8P. The van der Waals surface area contributed by atoms with Gasteiger partial charge < -0.3 is 27.9 Å². The van der Waals surface area contributed by atoms with Gasteiger partial charge in [0, 0.05) is 12.8 Å². The van der Waals surface area contributed by atoms with Gasteiger partial charge >= 0.3 is 11.9 Å². The molecular weight excluding hydrogens is 545 g/mol. The fraction of sp³-hybridized carbons (Fsp3) is 0.871. The minimum Gasteiger partial charge on any atom is -0.756 e. The molecule has 0 rings (SSSR count). The van der Waals surface area contributed by atoms with Crippen molar-refractivity contribution in [3.8, 4) is 0 Å². The van der Waals surface area contributed by atoms with Gasteiger partial charge in [-0.05, 0) is 38.5 Å². The number of phosphoric ester groups is 1. The molecule has 2 atom stereocenters. The Morgan fingerprint density at radius 3 is 1.85 bits per heavy atom. The van der Waals surface area contributed by atoms with E-state index in [1.807, 2.05) is 28.1 Å². The Morgan fingerprint density at radius 2 is 1.24 bits per heavy atom. The number of quaternary nitrogens is 1. The first-order valence-corrected chi connectivity index (χ1v) is 17.4. The summed E-state index contributed by atoms with van der Waals surface area (Å²) >= 11 is 0. The summed E-state index contributed by atoms with van der Waals surface area (Å²) in [6.07, 6.45) is 20.4. The summed E-state index contributed by atoms with van der Waals surface area (Å²) < 4.78 is 33.2. The second kappa shape index (κ2) is 25.3. The van der Waals surface area contributed by atoms with E-state index in [-0.39, 0.29) is 26.1 Å². The van der Waals surface area contributed by atoms with Crippen LogP contribution in [-0.4, -0.2) is 70.0 Å². The summed E-state index contributed by atoms with van der Waals surface area (Å²) in [5.41, 5.74) is 0. The highest BCUT2D eigenvalue weighted by Crippen LogP contribution is 2.38. The maximum Gasteiger partial charge on any atom is 0.306 e. The number of hydrogen-bond donors (Lipinski definition) is 0. The largest absolute Gasteiger partial charge is 0.756 e. The van der Waals surface area contributed by atoms with E-state index in [0.29, 0.717) is 23.9 Å². The Hall–Kier alpha value is -1.25. The lowest BCUT2D eigenvalue weighted by atomic mass is 10.1. The van der Waals surface area contributed by atoms with Crippen LogP contribution in [0.5, 0.6) is 0 Å². The van der Waals surface area contributed by atoms with Crippen molar-refractivity contribution in [1.29, 1.82) is 0 Å². The van der Waals surface area contributed by atoms with Gasteiger partial charge in [0.2, 0.25) is 0 Å². The lowest BCUT2D eigenvalue weighted by Crippen LogP contribution is -2.37. The quantitative estimate of drug-likeness (QED) is 0.0312. The van der Waals surface area contributed by atoms with Gasteiger partial charge in [-0.3, -0.25) is 14.2 Å². The van der Waals surface area contributed by atoms with E-state index in [1.165, 1.54) is 38.5 Å². The highest BCUT2D eigenvalue weighted by molar-refractivity contribution is 7.45. The Bertz CT molecular complexity index is 738. The molecule has 0 aliphatic carbocycles. The summed E-state index contributed by atoms with van der Waals surface area (Å²) in [7, 11) is 1.16. The van der Waals surface area contributed by atoms with Crippen molar-refractivity contribution in [2.75, 3.05) is 47.5 Å². The van der Waals surface area contributed by atoms with Crippen molar-refractivity contribution < 1.29 is 42.1 Å². The van der Waals surface area contributed by atoms with E-state index in [0.717, 1.165) is 44.9 Å². The van der Waals surface area contributed by atoms with Crippen LogP contribution in [0.2, 0.25) is 0 Å². The number of allylic oxidation sites excluding steroid dienone is 2. The molecule has 0 aromatic carbocycles. The molecule has 242 valence electrons. The zero-order chi connectivity index (χ0) is 30.8. The smallest absolute Gasteiger partial charge is 0.306 e. The molecule has 10 heteroatoms. The van der Waals surface area contributed by atoms with Crippen molar-refractivity contribution in [2.24, 2.45) is 0 Å². The average molecular weight is 606 g/mol. The molecule has 0 aromatic heterocycles. The Kier molecular flexibility index (Phi) is 24.5. The van der Waals surface area contributed by atoms with Gasteiger partial charge in [0.15, 0.2) is 6.10 Å². The fourth-order valence-corrected chi connectivity index (χ4v) is 4.67. The fourth-order valence-electron chi connectivity index (χ4n) is 3.94. The molecule has 0 fully saturated rings. The maximum absolute atomic E-state index is 12.4. The third-order valence-corrected chi connectivity index (χ3v) is 7.50. The summed E-state index contributed by atoms with van der Waals surface area (Å²) in [5, 5.41) is 0. The number of carbonyl (C=O) groups is 2. The molecule has 0 aliphatic heterocycles. The first-order chi connectivity index (χ1) is 19.5. The summed E-state index contributed by atoms with van der Waals surface area (Å²) in [6, 6.07) is 0. The van der Waals surface area contributed by atoms with E-state index < -0.39 is 32.5 Å². The average Bonchev–Trinajstić information content (AvgIpc) is 2.89. The topological polar surface area (TPSA) is 111 Å². The number of likely N-dealkylation sites (N-methyl/N-ethyl adjacent to an activating group) is 1. The molecule has 9 nitrogen and oxygen atoms in total. The minimum absolute atomic E-state index is 0.0312. The van der Waals surface area contributed by atoms with Crippen LogP contribution in [0.15, 0.2) is 12.2 Å². The second-order valence-electron chi connectivity index (χ2n) is 11.8. The zero-order valence-electron chi connectivity index (χ0n) is 26.7. The predicted molar refractivity (Wildman–Crippen MR) is 162 cm³/mol. The third-order valence-electron chi connectivity index (χ3n) is 6.54. The van der Waals surface area contributed by atoms with Gasteiger partial charge in [0.25, 0.3) is 7.82 Å². The van der Waals surface area contributed by atoms with Crippen LogP contribution in [0.1, 0.15) is 123 Å². The van der Waals surface area contributed by atoms with Crippen LogP contribution < -0.4 is 4.89 Å². The molecule has 0 N–H and O–H groups in total. The number of phosphoric acid groups is 1. The Labute approximate surface area is 250 Å². The van der Waals surface area contributed by atoms with E-state index in [1.54, 1.807) is 0 Å². The first kappa shape index (κ1) is 39.8. The molecule has 0 bridgehead atoms. The normalized spacial score (nSPS) is 14.2. The van der Waals surface area contributed by atoms with Gasteiger partial charge in [-0.2, -0.15) is 0 Å². The SMILES string of the molecule is CCCCCCC/C=C\CCCCCCCC(=O)OC(COC(=O)CCCCC)COP(=O)([O-])OCC[N+](C)(C)C. The van der Waals surface area contributed by atoms with Crippen LogP contribution in [0.4, 0.5) is 0 Å². The Morgan fingerprint density at radius 1 is 0.732 bits per heavy atom. The molecule has 0 amide bonds. The minimum atomic E-state index is -4.59. The number of carbonyl (C=O) groups excluding carboxylic acids is 2. The molecule has 41 heavy (non-hydrogen) atoms. The van der Waals surface area contributed by atoms with E-state index >= 15 is 0 Å². The summed E-state index contributed by atoms with van der Waals surface area (Å²) in [4.78, 5) is 36.6. The molecule has 0 saturated heterocycles. The van der Waals surface area contributed by atoms with Crippen molar-refractivity contribution in [3.05, 3.63) is 12.2 Å². The standard InChI is InChI=1S/C31H60NO8P/c1-6-8-10-11-12-13-14-15-16-17-18-19-20-22-24-31(34)40-29(27-37-30(33)23-21-9-7-2)28-39-41(35,36)38-26-25-32(3,4)5/h14-15,29H,6-13,16-28H2,1-5H3/b15-14-. The number of nitrogens with zero attached hydrogens (tertiary/aromatic N) is 1. The molecule has 0 aliphatic rings. The molecule has 0 saturated carbocycles. The van der Waals surface area contributed by atoms with Gasteiger partial charge in [-0.25, -0.2) is 0 Å². The number of ether oxygens (including phenoxy) is 2. The summed E-state index contributed by atoms with van der Waals surface area (Å²) in [6.45, 7) is 3.98. The molecule has 2 unspecified atom stereocenters. The number of esters is 2. The summed E-state index contributed by atoms with van der Waals surface area (Å²) in [5.74, 6) is -0.875. The van der Waals surface area contributed by atoms with Crippen molar-refractivity contribution in [1.82, 2.24) is 0 Å². The first-order valence-electron chi connectivity index (χ1n) is 15.9. The van der Waals surface area contributed by atoms with Crippen LogP contribution in [-0.2, 0) is 32.7 Å². The molecule has 0 radical (unpaired) electrons. The second-order valence-corrected chi connectivity index (χ2v) is 13.2. The molecule has 0 heterocycles. The van der Waals surface area contributed by atoms with Gasteiger partial charge in [0.1, 0.15) is 19.8 Å². The van der Waals surface area contributed by atoms with Crippen LogP contribution in [0.25, 0.3) is 0 Å². The van der Waals surface area contributed by atoms with Crippen LogP contribution in [0, 0.1) is 0 Å². The monoisotopic (exact) mass is 605 g/mol. The number of rotatable bonds is 28. The number of hydrogen-bond acceptors (Lipinski definition) is 8. The maximum atomic E-state index is 12.4. The van der Waals surface area contributed by atoms with Crippen molar-refractivity contribution in [2.45, 2.75) is 129 Å². The van der Waals surface area contributed by atoms with Crippen LogP contribution >= 0.6 is 7.82 Å². The lowest BCUT2D eigenvalue weighted by Gasteiger charge is -2.28. The number of unbranched alkanes of at least 4 members (excludes halogenated alkanes) is 12. The predicted octanol–water partition coefficient (Wildman–Crippen LogP) is 6.88. The Balaban J connectivity index is 4.36. The van der Waals surface area contributed by atoms with Crippen molar-refractivity contribution in [3.63, 3.8) is 0 Å².